The van der Waals surface area contributed by atoms with E-state index >= 15 is 0 Å². The van der Waals surface area contributed by atoms with Gasteiger partial charge in [0.15, 0.2) is 5.78 Å². The van der Waals surface area contributed by atoms with Crippen LogP contribution in [-0.4, -0.2) is 24.5 Å². The predicted octanol–water partition coefficient (Wildman–Crippen LogP) is 4.30. The van der Waals surface area contributed by atoms with E-state index in [1.807, 2.05) is 48.5 Å². The summed E-state index contributed by atoms with van der Waals surface area (Å²) in [5, 5.41) is 0. The predicted molar refractivity (Wildman–Crippen MR) is 101 cm³/mol. The molecule has 1 aliphatic rings. The smallest absolute Gasteiger partial charge is 0.170 e. The number of nitrogens with zero attached hydrogens (tertiary/aromatic N) is 1. The molecule has 2 heterocycles. The molecular weight excluding hydrogens is 342 g/mol. The van der Waals surface area contributed by atoms with Gasteiger partial charge < -0.3 is 14.2 Å². The molecular formula is C22H19NO4. The van der Waals surface area contributed by atoms with Gasteiger partial charge in [-0.25, -0.2) is 0 Å². The Bertz CT molecular complexity index is 969. The molecule has 0 bridgehead atoms. The molecule has 0 N–H and O–H groups in total. The lowest BCUT2D eigenvalue weighted by Crippen LogP contribution is -2.15. The highest BCUT2D eigenvalue weighted by molar-refractivity contribution is 6.01. The van der Waals surface area contributed by atoms with Gasteiger partial charge in [-0.2, -0.15) is 0 Å². The molecule has 0 spiro atoms. The molecule has 0 atom stereocenters. The van der Waals surface area contributed by atoms with Gasteiger partial charge in [-0.05, 0) is 41.5 Å². The number of benzene rings is 2. The van der Waals surface area contributed by atoms with Gasteiger partial charge in [0.1, 0.15) is 23.9 Å². The summed E-state index contributed by atoms with van der Waals surface area (Å²) in [6, 6.07) is 15.2. The normalized spacial score (nSPS) is 12.9. The molecule has 0 saturated carbocycles. The fourth-order valence-electron chi connectivity index (χ4n) is 3.06. The summed E-state index contributed by atoms with van der Waals surface area (Å²) in [5.74, 6) is 2.06. The topological polar surface area (TPSA) is 57.6 Å². The van der Waals surface area contributed by atoms with E-state index < -0.39 is 0 Å². The third-order valence-electron chi connectivity index (χ3n) is 4.49. The van der Waals surface area contributed by atoms with E-state index in [2.05, 4.69) is 4.98 Å². The van der Waals surface area contributed by atoms with Crippen molar-refractivity contribution in [3.8, 4) is 28.4 Å². The number of Topliss-reactive ketones (excluding diaryl/α,β-unsaturated/α-hetero) is 1. The van der Waals surface area contributed by atoms with Crippen molar-refractivity contribution in [3.63, 3.8) is 0 Å². The molecule has 2 aromatic carbocycles. The number of hydrogen-bond donors (Lipinski definition) is 0. The molecule has 27 heavy (non-hydrogen) atoms. The number of ether oxygens (including phenoxy) is 3. The average molecular weight is 361 g/mol. The van der Waals surface area contributed by atoms with Crippen LogP contribution in [0.4, 0.5) is 0 Å². The van der Waals surface area contributed by atoms with Gasteiger partial charge in [0.25, 0.3) is 0 Å². The van der Waals surface area contributed by atoms with Gasteiger partial charge in [0, 0.05) is 30.4 Å². The Hall–Kier alpha value is -3.34. The van der Waals surface area contributed by atoms with Crippen LogP contribution in [-0.2, 0) is 6.61 Å². The molecule has 0 fully saturated rings. The molecule has 0 unspecified atom stereocenters. The first-order valence-electron chi connectivity index (χ1n) is 8.75. The molecule has 3 aromatic rings. The van der Waals surface area contributed by atoms with Crippen LogP contribution in [0.15, 0.2) is 60.9 Å². The van der Waals surface area contributed by atoms with Gasteiger partial charge in [0.2, 0.25) is 0 Å². The first-order chi connectivity index (χ1) is 13.2. The summed E-state index contributed by atoms with van der Waals surface area (Å²) in [6.07, 6.45) is 3.86. The number of fused-ring (bicyclic) bond motifs is 1. The molecule has 0 amide bonds. The van der Waals surface area contributed by atoms with E-state index in [-0.39, 0.29) is 5.78 Å². The van der Waals surface area contributed by atoms with E-state index in [0.29, 0.717) is 36.7 Å². The zero-order valence-electron chi connectivity index (χ0n) is 15.0. The van der Waals surface area contributed by atoms with E-state index in [1.54, 1.807) is 19.5 Å². The second-order valence-electron chi connectivity index (χ2n) is 6.24. The highest BCUT2D eigenvalue weighted by Crippen LogP contribution is 2.39. The number of hydrogen-bond acceptors (Lipinski definition) is 5. The zero-order valence-corrected chi connectivity index (χ0v) is 15.0. The number of pyridine rings is 1. The first-order valence-corrected chi connectivity index (χ1v) is 8.75. The molecule has 1 aliphatic heterocycles. The number of carbonyl (C=O) groups is 1. The van der Waals surface area contributed by atoms with E-state index in [9.17, 15) is 4.79 Å². The summed E-state index contributed by atoms with van der Waals surface area (Å²) in [6.45, 7) is 0.792. The Morgan fingerprint density at radius 1 is 1.07 bits per heavy atom. The minimum Gasteiger partial charge on any atom is -0.497 e. The van der Waals surface area contributed by atoms with Gasteiger partial charge in [0.05, 0.1) is 19.3 Å². The average Bonchev–Trinajstić information content (AvgIpc) is 2.73. The standard InChI is InChI=1S/C22H19NO4/c1-25-17-4-2-3-16(11-17)18-12-19-20(24)7-10-26-22(19)13-21(18)27-14-15-5-8-23-9-6-15/h2-6,8-9,11-13H,7,10,14H2,1H3. The number of methoxy groups -OCH3 is 1. The van der Waals surface area contributed by atoms with Crippen molar-refractivity contribution in [2.45, 2.75) is 13.0 Å². The van der Waals surface area contributed by atoms with E-state index in [4.69, 9.17) is 14.2 Å². The molecule has 0 saturated heterocycles. The van der Waals surface area contributed by atoms with Crippen molar-refractivity contribution in [3.05, 3.63) is 72.1 Å². The van der Waals surface area contributed by atoms with Gasteiger partial charge >= 0.3 is 0 Å². The van der Waals surface area contributed by atoms with Crippen LogP contribution >= 0.6 is 0 Å². The number of rotatable bonds is 5. The Labute approximate surface area is 157 Å². The van der Waals surface area contributed by atoms with Crippen molar-refractivity contribution in [1.29, 1.82) is 0 Å². The largest absolute Gasteiger partial charge is 0.497 e. The number of carbonyl (C=O) groups excluding carboxylic acids is 1. The molecule has 136 valence electrons. The van der Waals surface area contributed by atoms with Gasteiger partial charge in [-0.1, -0.05) is 12.1 Å². The van der Waals surface area contributed by atoms with Crippen LogP contribution in [0.2, 0.25) is 0 Å². The molecule has 1 aromatic heterocycles. The second-order valence-corrected chi connectivity index (χ2v) is 6.24. The molecule has 0 aliphatic carbocycles. The van der Waals surface area contributed by atoms with Crippen LogP contribution in [0.5, 0.6) is 17.2 Å². The quantitative estimate of drug-likeness (QED) is 0.678. The summed E-state index contributed by atoms with van der Waals surface area (Å²) in [5.41, 5.74) is 3.35. The van der Waals surface area contributed by atoms with Crippen molar-refractivity contribution in [2.24, 2.45) is 0 Å². The SMILES string of the molecule is COc1cccc(-c2cc3c(cc2OCc2ccncc2)OCCC3=O)c1. The van der Waals surface area contributed by atoms with Crippen LogP contribution in [0.3, 0.4) is 0 Å². The van der Waals surface area contributed by atoms with Crippen molar-refractivity contribution in [1.82, 2.24) is 4.98 Å². The maximum absolute atomic E-state index is 12.3. The van der Waals surface area contributed by atoms with Crippen molar-refractivity contribution >= 4 is 5.78 Å². The van der Waals surface area contributed by atoms with Crippen LogP contribution in [0.1, 0.15) is 22.3 Å². The number of ketones is 1. The van der Waals surface area contributed by atoms with E-state index in [1.165, 1.54) is 0 Å². The third kappa shape index (κ3) is 3.62. The van der Waals surface area contributed by atoms with Gasteiger partial charge in [-0.15, -0.1) is 0 Å². The Morgan fingerprint density at radius 2 is 1.93 bits per heavy atom. The molecule has 5 nitrogen and oxygen atoms in total. The Morgan fingerprint density at radius 3 is 2.74 bits per heavy atom. The third-order valence-corrected chi connectivity index (χ3v) is 4.49. The minimum absolute atomic E-state index is 0.0843. The maximum atomic E-state index is 12.3. The summed E-state index contributed by atoms with van der Waals surface area (Å²) in [7, 11) is 1.63. The minimum atomic E-state index is 0.0843. The van der Waals surface area contributed by atoms with Gasteiger partial charge in [-0.3, -0.25) is 9.78 Å². The molecule has 5 heteroatoms. The Balaban J connectivity index is 1.76. The highest BCUT2D eigenvalue weighted by atomic mass is 16.5. The molecule has 0 radical (unpaired) electrons. The van der Waals surface area contributed by atoms with Crippen molar-refractivity contribution < 1.29 is 19.0 Å². The fraction of sp³-hybridized carbons (Fsp3) is 0.182. The monoisotopic (exact) mass is 361 g/mol. The number of aromatic nitrogens is 1. The van der Waals surface area contributed by atoms with Crippen LogP contribution in [0, 0.1) is 0 Å². The highest BCUT2D eigenvalue weighted by Gasteiger charge is 2.22. The van der Waals surface area contributed by atoms with Crippen LogP contribution < -0.4 is 14.2 Å². The summed E-state index contributed by atoms with van der Waals surface area (Å²) < 4.78 is 17.1. The lowest BCUT2D eigenvalue weighted by molar-refractivity contribution is 0.0933. The lowest BCUT2D eigenvalue weighted by Gasteiger charge is -2.20. The summed E-state index contributed by atoms with van der Waals surface area (Å²) in [4.78, 5) is 16.4. The van der Waals surface area contributed by atoms with Crippen molar-refractivity contribution in [2.75, 3.05) is 13.7 Å². The Kier molecular flexibility index (Phi) is 4.75. The second kappa shape index (κ2) is 7.50. The zero-order chi connectivity index (χ0) is 18.6. The van der Waals surface area contributed by atoms with E-state index in [0.717, 1.165) is 22.4 Å². The summed E-state index contributed by atoms with van der Waals surface area (Å²) >= 11 is 0. The fourth-order valence-corrected chi connectivity index (χ4v) is 3.06. The lowest BCUT2D eigenvalue weighted by atomic mass is 9.97. The maximum Gasteiger partial charge on any atom is 0.170 e. The first kappa shape index (κ1) is 17.1. The molecule has 4 rings (SSSR count). The van der Waals surface area contributed by atoms with Crippen LogP contribution in [0.25, 0.3) is 11.1 Å².